The van der Waals surface area contributed by atoms with Crippen LogP contribution >= 0.6 is 11.6 Å². The molecular formula is C7H5ClN2O2. The Morgan fingerprint density at radius 1 is 1.83 bits per heavy atom. The fraction of sp³-hybridized carbons (Fsp3) is 0.143. The Morgan fingerprint density at radius 2 is 2.58 bits per heavy atom. The van der Waals surface area contributed by atoms with E-state index in [1.165, 1.54) is 12.3 Å². The summed E-state index contributed by atoms with van der Waals surface area (Å²) in [6.45, 7) is 0. The number of hydrogen-bond donors (Lipinski definition) is 0. The van der Waals surface area contributed by atoms with E-state index in [9.17, 15) is 4.79 Å². The highest BCUT2D eigenvalue weighted by molar-refractivity contribution is 6.17. The fourth-order valence-electron chi connectivity index (χ4n) is 0.747. The lowest BCUT2D eigenvalue weighted by atomic mass is 10.5. The summed E-state index contributed by atoms with van der Waals surface area (Å²) >= 11 is 5.17. The SMILES string of the molecule is N#Cc1cccn1C(=O)OCCl. The van der Waals surface area contributed by atoms with E-state index in [0.29, 0.717) is 0 Å². The largest absolute Gasteiger partial charge is 0.433 e. The molecule has 0 fully saturated rings. The minimum Gasteiger partial charge on any atom is -0.433 e. The van der Waals surface area contributed by atoms with Crippen LogP contribution in [0.15, 0.2) is 18.3 Å². The highest BCUT2D eigenvalue weighted by Gasteiger charge is 2.08. The van der Waals surface area contributed by atoms with Crippen LogP contribution in [0.3, 0.4) is 0 Å². The maximum Gasteiger partial charge on any atom is 0.420 e. The van der Waals surface area contributed by atoms with Gasteiger partial charge in [0.15, 0.2) is 6.07 Å². The first-order chi connectivity index (χ1) is 5.79. The molecular weight excluding hydrogens is 180 g/mol. The van der Waals surface area contributed by atoms with E-state index in [-0.39, 0.29) is 11.8 Å². The molecule has 1 rings (SSSR count). The summed E-state index contributed by atoms with van der Waals surface area (Å²) in [5.74, 6) is 0. The third-order valence-electron chi connectivity index (χ3n) is 1.24. The molecule has 0 N–H and O–H groups in total. The summed E-state index contributed by atoms with van der Waals surface area (Å²) in [5.41, 5.74) is 0.227. The first-order valence-corrected chi connectivity index (χ1v) is 3.63. The lowest BCUT2D eigenvalue weighted by molar-refractivity contribution is 0.166. The van der Waals surface area contributed by atoms with Gasteiger partial charge in [-0.2, -0.15) is 5.26 Å². The number of hydrogen-bond acceptors (Lipinski definition) is 3. The highest BCUT2D eigenvalue weighted by atomic mass is 35.5. The lowest BCUT2D eigenvalue weighted by Gasteiger charge is -2.00. The van der Waals surface area contributed by atoms with Crippen molar-refractivity contribution < 1.29 is 9.53 Å². The van der Waals surface area contributed by atoms with E-state index in [1.54, 1.807) is 6.07 Å². The molecule has 4 nitrogen and oxygen atoms in total. The molecule has 0 aliphatic rings. The topological polar surface area (TPSA) is 55.0 Å². The zero-order valence-corrected chi connectivity index (χ0v) is 6.78. The van der Waals surface area contributed by atoms with Crippen LogP contribution < -0.4 is 0 Å². The van der Waals surface area contributed by atoms with Crippen LogP contribution in [-0.2, 0) is 4.74 Å². The van der Waals surface area contributed by atoms with Crippen LogP contribution in [0.4, 0.5) is 4.79 Å². The molecule has 0 bridgehead atoms. The lowest BCUT2D eigenvalue weighted by Crippen LogP contribution is -2.13. The number of nitriles is 1. The first-order valence-electron chi connectivity index (χ1n) is 3.10. The normalized spacial score (nSPS) is 9.00. The van der Waals surface area contributed by atoms with Crippen molar-refractivity contribution in [3.05, 3.63) is 24.0 Å². The van der Waals surface area contributed by atoms with Crippen molar-refractivity contribution in [2.75, 3.05) is 6.07 Å². The number of alkyl halides is 1. The average molecular weight is 185 g/mol. The van der Waals surface area contributed by atoms with Gasteiger partial charge in [-0.25, -0.2) is 9.36 Å². The second-order valence-electron chi connectivity index (χ2n) is 1.89. The van der Waals surface area contributed by atoms with Gasteiger partial charge in [0.05, 0.1) is 0 Å². The molecule has 0 aliphatic heterocycles. The minimum absolute atomic E-state index is 0.220. The molecule has 1 aromatic heterocycles. The van der Waals surface area contributed by atoms with Crippen LogP contribution in [0.25, 0.3) is 0 Å². The zero-order valence-electron chi connectivity index (χ0n) is 6.03. The van der Waals surface area contributed by atoms with Crippen LogP contribution in [0.2, 0.25) is 0 Å². The summed E-state index contributed by atoms with van der Waals surface area (Å²) in [7, 11) is 0. The summed E-state index contributed by atoms with van der Waals surface area (Å²) < 4.78 is 5.55. The first kappa shape index (κ1) is 8.62. The molecule has 0 aliphatic carbocycles. The maximum absolute atomic E-state index is 11.0. The second-order valence-corrected chi connectivity index (χ2v) is 2.11. The molecule has 0 saturated carbocycles. The molecule has 0 amide bonds. The predicted molar refractivity (Wildman–Crippen MR) is 41.7 cm³/mol. The van der Waals surface area contributed by atoms with Crippen LogP contribution in [-0.4, -0.2) is 16.7 Å². The summed E-state index contributed by atoms with van der Waals surface area (Å²) in [6, 6.07) is 4.70. The van der Waals surface area contributed by atoms with Gasteiger partial charge in [0.25, 0.3) is 0 Å². The number of nitrogens with zero attached hydrogens (tertiary/aromatic N) is 2. The zero-order chi connectivity index (χ0) is 8.97. The monoisotopic (exact) mass is 184 g/mol. The predicted octanol–water partition coefficient (Wildman–Crippen LogP) is 1.54. The third-order valence-corrected chi connectivity index (χ3v) is 1.35. The van der Waals surface area contributed by atoms with Gasteiger partial charge < -0.3 is 4.74 Å². The Kier molecular flexibility index (Phi) is 2.72. The molecule has 1 aromatic rings. The van der Waals surface area contributed by atoms with Crippen molar-refractivity contribution in [2.45, 2.75) is 0 Å². The van der Waals surface area contributed by atoms with E-state index >= 15 is 0 Å². The molecule has 0 atom stereocenters. The minimum atomic E-state index is -0.647. The molecule has 0 saturated heterocycles. The van der Waals surface area contributed by atoms with Gasteiger partial charge in [-0.15, -0.1) is 0 Å². The molecule has 62 valence electrons. The number of aromatic nitrogens is 1. The molecule has 12 heavy (non-hydrogen) atoms. The van der Waals surface area contributed by atoms with Crippen LogP contribution in [0.1, 0.15) is 5.69 Å². The standard InChI is InChI=1S/C7H5ClN2O2/c8-5-12-7(11)10-3-1-2-6(10)4-9/h1-3H,5H2. The van der Waals surface area contributed by atoms with Crippen molar-refractivity contribution in [1.29, 1.82) is 5.26 Å². The van der Waals surface area contributed by atoms with Gasteiger partial charge in [-0.1, -0.05) is 11.6 Å². The third kappa shape index (κ3) is 1.57. The van der Waals surface area contributed by atoms with E-state index in [1.807, 2.05) is 6.07 Å². The van der Waals surface area contributed by atoms with Gasteiger partial charge in [-0.05, 0) is 12.1 Å². The van der Waals surface area contributed by atoms with Crippen molar-refractivity contribution >= 4 is 17.7 Å². The Balaban J connectivity index is 2.88. The summed E-state index contributed by atoms with van der Waals surface area (Å²) in [6.07, 6.45) is 0.791. The number of rotatable bonds is 1. The number of carbonyl (C=O) groups is 1. The van der Waals surface area contributed by atoms with Crippen LogP contribution in [0, 0.1) is 11.3 Å². The molecule has 0 aromatic carbocycles. The molecule has 0 radical (unpaired) electrons. The number of carbonyl (C=O) groups excluding carboxylic acids is 1. The molecule has 0 spiro atoms. The van der Waals surface area contributed by atoms with E-state index in [0.717, 1.165) is 4.57 Å². The van der Waals surface area contributed by atoms with Crippen molar-refractivity contribution in [1.82, 2.24) is 4.57 Å². The Morgan fingerprint density at radius 3 is 3.17 bits per heavy atom. The van der Waals surface area contributed by atoms with Gasteiger partial charge in [-0.3, -0.25) is 0 Å². The van der Waals surface area contributed by atoms with Crippen LogP contribution in [0.5, 0.6) is 0 Å². The average Bonchev–Trinajstić information content (AvgIpc) is 2.51. The number of ether oxygens (including phenoxy) is 1. The Labute approximate surface area is 73.9 Å². The summed E-state index contributed by atoms with van der Waals surface area (Å²) in [5, 5.41) is 8.51. The maximum atomic E-state index is 11.0. The molecule has 0 unspecified atom stereocenters. The van der Waals surface area contributed by atoms with E-state index < -0.39 is 6.09 Å². The van der Waals surface area contributed by atoms with Gasteiger partial charge in [0.2, 0.25) is 0 Å². The highest BCUT2D eigenvalue weighted by Crippen LogP contribution is 2.01. The van der Waals surface area contributed by atoms with Crippen molar-refractivity contribution in [2.24, 2.45) is 0 Å². The van der Waals surface area contributed by atoms with E-state index in [2.05, 4.69) is 4.74 Å². The number of halogens is 1. The quantitative estimate of drug-likeness (QED) is 0.622. The summed E-state index contributed by atoms with van der Waals surface area (Å²) in [4.78, 5) is 11.0. The van der Waals surface area contributed by atoms with Gasteiger partial charge >= 0.3 is 6.09 Å². The Hall–Kier alpha value is -1.47. The van der Waals surface area contributed by atoms with Crippen molar-refractivity contribution in [3.8, 4) is 6.07 Å². The Bertz CT molecular complexity index is 326. The van der Waals surface area contributed by atoms with Gasteiger partial charge in [0.1, 0.15) is 11.8 Å². The van der Waals surface area contributed by atoms with E-state index in [4.69, 9.17) is 16.9 Å². The fourth-order valence-corrected chi connectivity index (χ4v) is 0.841. The second kappa shape index (κ2) is 3.79. The van der Waals surface area contributed by atoms with Gasteiger partial charge in [0, 0.05) is 6.20 Å². The molecule has 5 heteroatoms. The smallest absolute Gasteiger partial charge is 0.420 e. The molecule has 1 heterocycles. The van der Waals surface area contributed by atoms with Crippen molar-refractivity contribution in [3.63, 3.8) is 0 Å².